The summed E-state index contributed by atoms with van der Waals surface area (Å²) in [7, 11) is 0. The van der Waals surface area contributed by atoms with Crippen molar-refractivity contribution in [1.82, 2.24) is 0 Å². The molecule has 1 fully saturated rings. The maximum atomic E-state index is 11.2. The Morgan fingerprint density at radius 2 is 2.13 bits per heavy atom. The van der Waals surface area contributed by atoms with Gasteiger partial charge in [-0.05, 0) is 24.6 Å². The molecule has 0 bridgehead atoms. The predicted molar refractivity (Wildman–Crippen MR) is 59.9 cm³/mol. The Bertz CT molecular complexity index is 397. The van der Waals surface area contributed by atoms with E-state index in [0.29, 0.717) is 5.56 Å². The average Bonchev–Trinajstić information content (AvgIpc) is 2.12. The van der Waals surface area contributed by atoms with E-state index in [0.717, 1.165) is 24.3 Å². The fourth-order valence-electron chi connectivity index (χ4n) is 1.82. The number of hydrogen-bond acceptors (Lipinski definition) is 3. The molecule has 0 atom stereocenters. The number of nitrogens with zero attached hydrogens (tertiary/aromatic N) is 1. The summed E-state index contributed by atoms with van der Waals surface area (Å²) in [4.78, 5) is 13.3. The summed E-state index contributed by atoms with van der Waals surface area (Å²) < 4.78 is 0. The van der Waals surface area contributed by atoms with Gasteiger partial charge in [0.15, 0.2) is 0 Å². The minimum Gasteiger partial charge on any atom is -0.368 e. The van der Waals surface area contributed by atoms with Gasteiger partial charge in [0.1, 0.15) is 0 Å². The first-order valence-electron chi connectivity index (χ1n) is 4.99. The normalized spacial score (nSPS) is 16.3. The van der Waals surface area contributed by atoms with Gasteiger partial charge in [-0.1, -0.05) is 6.07 Å². The number of benzene rings is 1. The number of nitrogens with two attached hydrogens (primary N) is 2. The van der Waals surface area contributed by atoms with E-state index < -0.39 is 0 Å². The van der Waals surface area contributed by atoms with Crippen LogP contribution in [0.1, 0.15) is 15.9 Å². The van der Waals surface area contributed by atoms with Gasteiger partial charge in [0, 0.05) is 24.8 Å². The van der Waals surface area contributed by atoms with Crippen molar-refractivity contribution in [3.05, 3.63) is 29.3 Å². The van der Waals surface area contributed by atoms with Crippen molar-refractivity contribution < 1.29 is 4.79 Å². The molecule has 4 heteroatoms. The van der Waals surface area contributed by atoms with E-state index in [1.807, 2.05) is 19.1 Å². The van der Waals surface area contributed by atoms with Gasteiger partial charge >= 0.3 is 0 Å². The topological polar surface area (TPSA) is 72.4 Å². The summed E-state index contributed by atoms with van der Waals surface area (Å²) >= 11 is 0. The smallest absolute Gasteiger partial charge is 0.250 e. The van der Waals surface area contributed by atoms with Crippen LogP contribution in [-0.2, 0) is 0 Å². The molecule has 0 unspecified atom stereocenters. The number of carbonyl (C=O) groups excluding carboxylic acids is 1. The third kappa shape index (κ3) is 1.80. The molecule has 1 saturated heterocycles. The maximum Gasteiger partial charge on any atom is 0.250 e. The molecule has 1 aliphatic heterocycles. The van der Waals surface area contributed by atoms with E-state index in [-0.39, 0.29) is 11.9 Å². The number of carbonyl (C=O) groups is 1. The molecule has 15 heavy (non-hydrogen) atoms. The summed E-state index contributed by atoms with van der Waals surface area (Å²) in [5.74, 6) is -0.384. The highest BCUT2D eigenvalue weighted by atomic mass is 16.1. The molecule has 1 amide bonds. The Hall–Kier alpha value is -1.55. The number of hydrogen-bond donors (Lipinski definition) is 2. The lowest BCUT2D eigenvalue weighted by Gasteiger charge is -2.39. The van der Waals surface area contributed by atoms with E-state index in [2.05, 4.69) is 4.90 Å². The van der Waals surface area contributed by atoms with Crippen LogP contribution in [0.25, 0.3) is 0 Å². The number of amides is 1. The van der Waals surface area contributed by atoms with E-state index in [1.165, 1.54) is 0 Å². The van der Waals surface area contributed by atoms with Crippen molar-refractivity contribution in [2.45, 2.75) is 13.0 Å². The zero-order chi connectivity index (χ0) is 11.0. The summed E-state index contributed by atoms with van der Waals surface area (Å²) in [5, 5.41) is 0. The monoisotopic (exact) mass is 205 g/mol. The van der Waals surface area contributed by atoms with Crippen LogP contribution in [0.3, 0.4) is 0 Å². The molecule has 80 valence electrons. The van der Waals surface area contributed by atoms with Crippen LogP contribution in [0.5, 0.6) is 0 Å². The second-order valence-corrected chi connectivity index (χ2v) is 4.05. The highest BCUT2D eigenvalue weighted by Crippen LogP contribution is 2.25. The second kappa shape index (κ2) is 3.55. The number of anilines is 1. The van der Waals surface area contributed by atoms with Crippen LogP contribution in [0.2, 0.25) is 0 Å². The Morgan fingerprint density at radius 3 is 2.67 bits per heavy atom. The van der Waals surface area contributed by atoms with Crippen LogP contribution < -0.4 is 16.4 Å². The molecule has 0 aromatic heterocycles. The van der Waals surface area contributed by atoms with Gasteiger partial charge in [-0.3, -0.25) is 4.79 Å². The minimum absolute atomic E-state index is 0.214. The molecule has 0 aliphatic carbocycles. The molecule has 4 N–H and O–H groups in total. The molecular formula is C11H15N3O. The first-order chi connectivity index (χ1) is 7.08. The van der Waals surface area contributed by atoms with Crippen LogP contribution in [0, 0.1) is 6.92 Å². The highest BCUT2D eigenvalue weighted by Gasteiger charge is 2.26. The average molecular weight is 205 g/mol. The summed E-state index contributed by atoms with van der Waals surface area (Å²) in [6.45, 7) is 3.58. The first-order valence-corrected chi connectivity index (χ1v) is 4.99. The van der Waals surface area contributed by atoms with E-state index in [4.69, 9.17) is 11.5 Å². The minimum atomic E-state index is -0.384. The van der Waals surface area contributed by atoms with Gasteiger partial charge < -0.3 is 16.4 Å². The fraction of sp³-hybridized carbons (Fsp3) is 0.364. The van der Waals surface area contributed by atoms with E-state index in [9.17, 15) is 4.79 Å². The van der Waals surface area contributed by atoms with Crippen LogP contribution >= 0.6 is 0 Å². The SMILES string of the molecule is Cc1ccc(C(N)=O)c(N2CC(N)C2)c1. The number of rotatable bonds is 2. The van der Waals surface area contributed by atoms with Crippen molar-refractivity contribution in [3.63, 3.8) is 0 Å². The molecule has 4 nitrogen and oxygen atoms in total. The zero-order valence-corrected chi connectivity index (χ0v) is 8.73. The number of aryl methyl sites for hydroxylation is 1. The van der Waals surface area contributed by atoms with Crippen molar-refractivity contribution >= 4 is 11.6 Å². The third-order valence-corrected chi connectivity index (χ3v) is 2.67. The van der Waals surface area contributed by atoms with Crippen LogP contribution in [0.15, 0.2) is 18.2 Å². The lowest BCUT2D eigenvalue weighted by Crippen LogP contribution is -2.56. The Kier molecular flexibility index (Phi) is 2.36. The van der Waals surface area contributed by atoms with Crippen molar-refractivity contribution in [2.24, 2.45) is 11.5 Å². The largest absolute Gasteiger partial charge is 0.368 e. The van der Waals surface area contributed by atoms with Crippen molar-refractivity contribution in [1.29, 1.82) is 0 Å². The zero-order valence-electron chi connectivity index (χ0n) is 8.73. The van der Waals surface area contributed by atoms with Gasteiger partial charge in [-0.2, -0.15) is 0 Å². The Morgan fingerprint density at radius 1 is 1.47 bits per heavy atom. The second-order valence-electron chi connectivity index (χ2n) is 4.05. The fourth-order valence-corrected chi connectivity index (χ4v) is 1.82. The van der Waals surface area contributed by atoms with E-state index >= 15 is 0 Å². The quantitative estimate of drug-likeness (QED) is 0.726. The van der Waals surface area contributed by atoms with Gasteiger partial charge in [0.05, 0.1) is 5.56 Å². The number of primary amides is 1. The van der Waals surface area contributed by atoms with Crippen LogP contribution in [0.4, 0.5) is 5.69 Å². The van der Waals surface area contributed by atoms with Crippen molar-refractivity contribution in [3.8, 4) is 0 Å². The summed E-state index contributed by atoms with van der Waals surface area (Å²) in [5.41, 5.74) is 13.6. The molecule has 1 aliphatic rings. The first kappa shape index (κ1) is 9.98. The highest BCUT2D eigenvalue weighted by molar-refractivity contribution is 5.99. The Labute approximate surface area is 88.9 Å². The molecule has 2 rings (SSSR count). The maximum absolute atomic E-state index is 11.2. The van der Waals surface area contributed by atoms with Crippen LogP contribution in [-0.4, -0.2) is 25.0 Å². The molecule has 0 spiro atoms. The molecule has 0 saturated carbocycles. The molecular weight excluding hydrogens is 190 g/mol. The molecule has 0 radical (unpaired) electrons. The Balaban J connectivity index is 2.35. The van der Waals surface area contributed by atoms with Gasteiger partial charge in [-0.25, -0.2) is 0 Å². The van der Waals surface area contributed by atoms with Gasteiger partial charge in [0.2, 0.25) is 0 Å². The van der Waals surface area contributed by atoms with Gasteiger partial charge in [0.25, 0.3) is 5.91 Å². The lowest BCUT2D eigenvalue weighted by molar-refractivity contribution is 0.100. The van der Waals surface area contributed by atoms with Gasteiger partial charge in [-0.15, -0.1) is 0 Å². The van der Waals surface area contributed by atoms with E-state index in [1.54, 1.807) is 6.07 Å². The standard InChI is InChI=1S/C11H15N3O/c1-7-2-3-9(11(13)15)10(4-7)14-5-8(12)6-14/h2-4,8H,5-6,12H2,1H3,(H2,13,15). The molecule has 1 aromatic carbocycles. The summed E-state index contributed by atoms with van der Waals surface area (Å²) in [6.07, 6.45) is 0. The predicted octanol–water partition coefficient (Wildman–Crippen LogP) is 0.241. The molecule has 1 heterocycles. The third-order valence-electron chi connectivity index (χ3n) is 2.67. The molecule has 1 aromatic rings. The summed E-state index contributed by atoms with van der Waals surface area (Å²) in [6, 6.07) is 5.86. The lowest BCUT2D eigenvalue weighted by atomic mass is 10.0. The van der Waals surface area contributed by atoms with Crippen molar-refractivity contribution in [2.75, 3.05) is 18.0 Å².